The highest BCUT2D eigenvalue weighted by molar-refractivity contribution is 9.10. The molecule has 3 rings (SSSR count). The van der Waals surface area contributed by atoms with Crippen LogP contribution >= 0.6 is 43.5 Å². The third-order valence-corrected chi connectivity index (χ3v) is 5.48. The predicted molar refractivity (Wildman–Crippen MR) is 119 cm³/mol. The van der Waals surface area contributed by atoms with Gasteiger partial charge in [0.1, 0.15) is 12.4 Å². The van der Waals surface area contributed by atoms with E-state index in [1.165, 1.54) is 0 Å². The maximum Gasteiger partial charge on any atom is 0.272 e. The minimum atomic E-state index is -0.289. The summed E-state index contributed by atoms with van der Waals surface area (Å²) in [6, 6.07) is 20.2. The summed E-state index contributed by atoms with van der Waals surface area (Å²) in [6.07, 6.45) is 1.57. The molecule has 0 radical (unpaired) electrons. The summed E-state index contributed by atoms with van der Waals surface area (Å²) in [5, 5.41) is 4.68. The summed E-state index contributed by atoms with van der Waals surface area (Å²) in [5.74, 6) is 0.400. The van der Waals surface area contributed by atoms with E-state index in [0.29, 0.717) is 27.4 Å². The first-order valence-electron chi connectivity index (χ1n) is 8.28. The monoisotopic (exact) mass is 520 g/mol. The molecule has 3 aromatic carbocycles. The average molecular weight is 523 g/mol. The Balaban J connectivity index is 1.61. The van der Waals surface area contributed by atoms with Crippen molar-refractivity contribution in [3.63, 3.8) is 0 Å². The van der Waals surface area contributed by atoms with Gasteiger partial charge in [0.05, 0.1) is 16.3 Å². The molecule has 0 aliphatic rings. The van der Waals surface area contributed by atoms with Crippen LogP contribution in [0.5, 0.6) is 5.75 Å². The topological polar surface area (TPSA) is 50.7 Å². The fourth-order valence-electron chi connectivity index (χ4n) is 2.36. The van der Waals surface area contributed by atoms with Crippen LogP contribution in [0.4, 0.5) is 0 Å². The van der Waals surface area contributed by atoms with Crippen LogP contribution in [-0.2, 0) is 6.61 Å². The van der Waals surface area contributed by atoms with Gasteiger partial charge in [-0.2, -0.15) is 5.10 Å². The molecule has 0 bridgehead atoms. The summed E-state index contributed by atoms with van der Waals surface area (Å²) in [5.41, 5.74) is 4.76. The molecule has 28 heavy (non-hydrogen) atoms. The van der Waals surface area contributed by atoms with Crippen molar-refractivity contribution in [1.82, 2.24) is 5.43 Å². The van der Waals surface area contributed by atoms with Gasteiger partial charge in [-0.15, -0.1) is 0 Å². The molecule has 3 aromatic rings. The van der Waals surface area contributed by atoms with E-state index in [1.54, 1.807) is 24.4 Å². The van der Waals surface area contributed by atoms with Crippen molar-refractivity contribution in [2.75, 3.05) is 0 Å². The number of rotatable bonds is 6. The average Bonchev–Trinajstić information content (AvgIpc) is 2.69. The number of ether oxygens (including phenoxy) is 1. The minimum Gasteiger partial charge on any atom is -0.488 e. The fraction of sp³-hybridized carbons (Fsp3) is 0.0476. The largest absolute Gasteiger partial charge is 0.488 e. The molecule has 0 spiro atoms. The Kier molecular flexibility index (Phi) is 7.25. The van der Waals surface area contributed by atoms with Crippen molar-refractivity contribution in [2.24, 2.45) is 5.10 Å². The zero-order valence-electron chi connectivity index (χ0n) is 14.5. The first kappa shape index (κ1) is 20.6. The van der Waals surface area contributed by atoms with E-state index in [9.17, 15) is 4.79 Å². The number of carbonyl (C=O) groups is 1. The van der Waals surface area contributed by atoms with Crippen molar-refractivity contribution in [1.29, 1.82) is 0 Å². The van der Waals surface area contributed by atoms with Gasteiger partial charge in [-0.05, 0) is 73.8 Å². The summed E-state index contributed by atoms with van der Waals surface area (Å²) < 4.78 is 7.31. The van der Waals surface area contributed by atoms with E-state index >= 15 is 0 Å². The van der Waals surface area contributed by atoms with Gasteiger partial charge < -0.3 is 4.74 Å². The summed E-state index contributed by atoms with van der Waals surface area (Å²) >= 11 is 13.0. The van der Waals surface area contributed by atoms with Crippen LogP contribution in [0.2, 0.25) is 5.02 Å². The first-order chi connectivity index (χ1) is 13.5. The predicted octanol–water partition coefficient (Wildman–Crippen LogP) is 6.21. The van der Waals surface area contributed by atoms with Crippen LogP contribution in [0.3, 0.4) is 0 Å². The van der Waals surface area contributed by atoms with Gasteiger partial charge in [0.25, 0.3) is 5.91 Å². The quantitative estimate of drug-likeness (QED) is 0.309. The van der Waals surface area contributed by atoms with Gasteiger partial charge in [-0.3, -0.25) is 4.79 Å². The number of carbonyl (C=O) groups excluding carboxylic acids is 1. The molecule has 4 nitrogen and oxygen atoms in total. The van der Waals surface area contributed by atoms with Crippen molar-refractivity contribution in [3.05, 3.63) is 97.4 Å². The Morgan fingerprint density at radius 1 is 1.04 bits per heavy atom. The fourth-order valence-corrected chi connectivity index (χ4v) is 3.52. The molecular formula is C21H15Br2ClN2O2. The molecule has 0 fully saturated rings. The number of amides is 1. The highest BCUT2D eigenvalue weighted by Gasteiger charge is 2.08. The third-order valence-electron chi connectivity index (χ3n) is 3.80. The van der Waals surface area contributed by atoms with Crippen molar-refractivity contribution in [2.45, 2.75) is 6.61 Å². The third kappa shape index (κ3) is 5.44. The van der Waals surface area contributed by atoms with Crippen LogP contribution in [0.25, 0.3) is 0 Å². The van der Waals surface area contributed by atoms with Crippen LogP contribution in [-0.4, -0.2) is 12.1 Å². The van der Waals surface area contributed by atoms with Crippen LogP contribution in [0.1, 0.15) is 21.5 Å². The van der Waals surface area contributed by atoms with Crippen LogP contribution in [0, 0.1) is 0 Å². The molecule has 0 aliphatic carbocycles. The van der Waals surface area contributed by atoms with E-state index < -0.39 is 0 Å². The smallest absolute Gasteiger partial charge is 0.272 e. The Bertz CT molecular complexity index is 1020. The van der Waals surface area contributed by atoms with Gasteiger partial charge in [0.2, 0.25) is 0 Å². The van der Waals surface area contributed by atoms with Gasteiger partial charge >= 0.3 is 0 Å². The molecule has 7 heteroatoms. The first-order valence-corrected chi connectivity index (χ1v) is 10.2. The lowest BCUT2D eigenvalue weighted by Crippen LogP contribution is -2.18. The summed E-state index contributed by atoms with van der Waals surface area (Å²) in [6.45, 7) is 0.369. The van der Waals surface area contributed by atoms with E-state index in [1.807, 2.05) is 48.5 Å². The van der Waals surface area contributed by atoms with E-state index in [0.717, 1.165) is 15.6 Å². The van der Waals surface area contributed by atoms with Crippen molar-refractivity contribution in [3.8, 4) is 5.75 Å². The SMILES string of the molecule is O=C(N/N=C/c1ccc(OCc2ccccc2Cl)c(Br)c1)c1ccccc1Br. The lowest BCUT2D eigenvalue weighted by Gasteiger charge is -2.10. The number of halogens is 3. The van der Waals surface area contributed by atoms with Crippen molar-refractivity contribution < 1.29 is 9.53 Å². The molecule has 142 valence electrons. The molecule has 0 unspecified atom stereocenters. The molecule has 0 aliphatic heterocycles. The Morgan fingerprint density at radius 2 is 1.79 bits per heavy atom. The zero-order valence-corrected chi connectivity index (χ0v) is 18.5. The molecule has 0 atom stereocenters. The zero-order chi connectivity index (χ0) is 19.9. The number of nitrogens with one attached hydrogen (secondary N) is 1. The Morgan fingerprint density at radius 3 is 2.54 bits per heavy atom. The number of hydrogen-bond donors (Lipinski definition) is 1. The Hall–Kier alpha value is -2.15. The molecule has 1 amide bonds. The normalized spacial score (nSPS) is 10.8. The van der Waals surface area contributed by atoms with E-state index in [2.05, 4.69) is 42.4 Å². The number of hydrazone groups is 1. The summed E-state index contributed by atoms with van der Waals surface area (Å²) in [4.78, 5) is 12.1. The van der Waals surface area contributed by atoms with Crippen LogP contribution in [0.15, 0.2) is 80.8 Å². The molecule has 0 heterocycles. The van der Waals surface area contributed by atoms with E-state index in [4.69, 9.17) is 16.3 Å². The molecule has 0 saturated heterocycles. The molecule has 1 N–H and O–H groups in total. The molecular weight excluding hydrogens is 508 g/mol. The highest BCUT2D eigenvalue weighted by atomic mass is 79.9. The maximum absolute atomic E-state index is 12.1. The number of benzene rings is 3. The second kappa shape index (κ2) is 9.87. The van der Waals surface area contributed by atoms with Gasteiger partial charge in [0, 0.05) is 15.1 Å². The van der Waals surface area contributed by atoms with Crippen LogP contribution < -0.4 is 10.2 Å². The van der Waals surface area contributed by atoms with Gasteiger partial charge in [0.15, 0.2) is 0 Å². The summed E-state index contributed by atoms with van der Waals surface area (Å²) in [7, 11) is 0. The van der Waals surface area contributed by atoms with Crippen molar-refractivity contribution >= 4 is 55.6 Å². The lowest BCUT2D eigenvalue weighted by molar-refractivity contribution is 0.0954. The second-order valence-electron chi connectivity index (χ2n) is 5.75. The second-order valence-corrected chi connectivity index (χ2v) is 7.86. The van der Waals surface area contributed by atoms with E-state index in [-0.39, 0.29) is 5.91 Å². The maximum atomic E-state index is 12.1. The Labute approximate surface area is 184 Å². The molecule has 0 aromatic heterocycles. The number of hydrogen-bond acceptors (Lipinski definition) is 3. The lowest BCUT2D eigenvalue weighted by atomic mass is 10.2. The molecule has 0 saturated carbocycles. The van der Waals surface area contributed by atoms with Gasteiger partial charge in [-0.25, -0.2) is 5.43 Å². The highest BCUT2D eigenvalue weighted by Crippen LogP contribution is 2.27. The number of nitrogens with zero attached hydrogens (tertiary/aromatic N) is 1. The standard InChI is InChI=1S/C21H15Br2ClN2O2/c22-17-7-3-2-6-16(17)21(27)26-25-12-14-9-10-20(18(23)11-14)28-13-15-5-1-4-8-19(15)24/h1-12H,13H2,(H,26,27)/b25-12+. The van der Waals surface area contributed by atoms with Gasteiger partial charge in [-0.1, -0.05) is 41.9 Å². The minimum absolute atomic E-state index is 0.289.